The van der Waals surface area contributed by atoms with Crippen molar-refractivity contribution in [3.05, 3.63) is 101 Å². The molecular weight excluding hydrogens is 576 g/mol. The molecule has 3 aromatic carbocycles. The molecule has 0 spiro atoms. The van der Waals surface area contributed by atoms with Crippen LogP contribution in [0.1, 0.15) is 52.1 Å². The van der Waals surface area contributed by atoms with Crippen molar-refractivity contribution in [2.24, 2.45) is 11.5 Å². The first kappa shape index (κ1) is 32.7. The first-order valence-electron chi connectivity index (χ1n) is 16.0. The van der Waals surface area contributed by atoms with Gasteiger partial charge in [0.25, 0.3) is 11.8 Å². The van der Waals surface area contributed by atoms with E-state index in [0.29, 0.717) is 62.9 Å². The van der Waals surface area contributed by atoms with E-state index in [1.165, 1.54) is 0 Å². The third-order valence-corrected chi connectivity index (χ3v) is 8.49. The summed E-state index contributed by atoms with van der Waals surface area (Å²) in [6.45, 7) is 9.39. The van der Waals surface area contributed by atoms with Crippen LogP contribution < -0.4 is 26.4 Å². The van der Waals surface area contributed by atoms with Crippen LogP contribution in [0.5, 0.6) is 5.88 Å². The number of nitrogens with one attached hydrogen (secondary N) is 1. The summed E-state index contributed by atoms with van der Waals surface area (Å²) in [5, 5.41) is 2.95. The quantitative estimate of drug-likeness (QED) is 0.215. The highest BCUT2D eigenvalue weighted by atomic mass is 16.5. The van der Waals surface area contributed by atoms with Crippen LogP contribution in [0, 0.1) is 6.92 Å². The van der Waals surface area contributed by atoms with Crippen molar-refractivity contribution in [1.82, 2.24) is 15.2 Å². The van der Waals surface area contributed by atoms with Crippen LogP contribution in [0.3, 0.4) is 0 Å². The number of anilines is 1. The number of carbonyl (C=O) groups is 2. The van der Waals surface area contributed by atoms with Gasteiger partial charge in [0.05, 0.1) is 12.2 Å². The molecule has 0 aliphatic carbocycles. The number of benzene rings is 3. The van der Waals surface area contributed by atoms with Crippen molar-refractivity contribution in [1.29, 1.82) is 0 Å². The van der Waals surface area contributed by atoms with Crippen molar-refractivity contribution in [3.8, 4) is 28.1 Å². The predicted octanol–water partition coefficient (Wildman–Crippen LogP) is 5.01. The molecule has 1 fully saturated rings. The van der Waals surface area contributed by atoms with Crippen molar-refractivity contribution >= 4 is 17.5 Å². The van der Waals surface area contributed by atoms with E-state index in [1.807, 2.05) is 85.5 Å². The Morgan fingerprint density at radius 1 is 0.935 bits per heavy atom. The topological polar surface area (TPSA) is 127 Å². The standard InChI is InChI=1S/C37H44N6O3/c1-4-29-24-42(37(45)31-14-8-25(3)21-32(31)27-11-9-26(23-39)10-12-27)19-20-43(29)34-15-13-28(22-33(34)35(44)40-18-16-38)30-7-6-17-41-36(30)46-5-2/h6-15,17,21-22,29H,4-5,16,18-20,23-24,38-39H2,1-3H3,(H,40,44)/t29-/m1/s1. The molecule has 0 unspecified atom stereocenters. The van der Waals surface area contributed by atoms with Gasteiger partial charge in [0.1, 0.15) is 0 Å². The SMILES string of the molecule is CCOc1ncccc1-c1ccc(N2CCN(C(=O)c3ccc(C)cc3-c3ccc(CN)cc3)C[C@H]2CC)c(C(=O)NCCN)c1. The average molecular weight is 621 g/mol. The number of ether oxygens (including phenoxy) is 1. The van der Waals surface area contributed by atoms with E-state index in [2.05, 4.69) is 28.2 Å². The number of aryl methyl sites for hydroxylation is 1. The third-order valence-electron chi connectivity index (χ3n) is 8.49. The van der Waals surface area contributed by atoms with Gasteiger partial charge in [-0.05, 0) is 72.9 Å². The van der Waals surface area contributed by atoms with E-state index >= 15 is 0 Å². The zero-order valence-electron chi connectivity index (χ0n) is 27.0. The maximum Gasteiger partial charge on any atom is 0.254 e. The number of hydrogen-bond donors (Lipinski definition) is 3. The second-order valence-corrected chi connectivity index (χ2v) is 11.5. The fraction of sp³-hybridized carbons (Fsp3) is 0.324. The number of hydrogen-bond acceptors (Lipinski definition) is 7. The molecule has 240 valence electrons. The number of nitrogens with zero attached hydrogens (tertiary/aromatic N) is 3. The molecule has 9 nitrogen and oxygen atoms in total. The summed E-state index contributed by atoms with van der Waals surface area (Å²) in [5.74, 6) is 0.338. The van der Waals surface area contributed by atoms with E-state index in [-0.39, 0.29) is 17.9 Å². The Hall–Kier alpha value is -4.73. The molecule has 5 N–H and O–H groups in total. The van der Waals surface area contributed by atoms with Crippen LogP contribution in [0.2, 0.25) is 0 Å². The summed E-state index contributed by atoms with van der Waals surface area (Å²) in [7, 11) is 0. The third kappa shape index (κ3) is 7.06. The van der Waals surface area contributed by atoms with Gasteiger partial charge in [-0.3, -0.25) is 9.59 Å². The summed E-state index contributed by atoms with van der Waals surface area (Å²) < 4.78 is 5.78. The Morgan fingerprint density at radius 2 is 1.72 bits per heavy atom. The monoisotopic (exact) mass is 620 g/mol. The van der Waals surface area contributed by atoms with Crippen LogP contribution in [-0.4, -0.2) is 67.1 Å². The Labute approximate surface area is 271 Å². The molecular formula is C37H44N6O3. The van der Waals surface area contributed by atoms with Gasteiger partial charge in [-0.25, -0.2) is 4.98 Å². The highest BCUT2D eigenvalue weighted by molar-refractivity contribution is 6.02. The molecule has 4 aromatic rings. The molecule has 46 heavy (non-hydrogen) atoms. The molecule has 2 heterocycles. The van der Waals surface area contributed by atoms with E-state index in [1.54, 1.807) is 6.20 Å². The predicted molar refractivity (Wildman–Crippen MR) is 184 cm³/mol. The van der Waals surface area contributed by atoms with Gasteiger partial charge in [-0.1, -0.05) is 55.0 Å². The lowest BCUT2D eigenvalue weighted by Gasteiger charge is -2.43. The van der Waals surface area contributed by atoms with E-state index in [0.717, 1.165) is 45.5 Å². The maximum atomic E-state index is 14.1. The zero-order chi connectivity index (χ0) is 32.6. The van der Waals surface area contributed by atoms with Gasteiger partial charge in [-0.15, -0.1) is 0 Å². The van der Waals surface area contributed by atoms with Gasteiger partial charge in [-0.2, -0.15) is 0 Å². The first-order valence-corrected chi connectivity index (χ1v) is 16.0. The smallest absolute Gasteiger partial charge is 0.254 e. The number of pyridine rings is 1. The van der Waals surface area contributed by atoms with Crippen molar-refractivity contribution in [2.75, 3.05) is 44.2 Å². The molecule has 9 heteroatoms. The molecule has 1 aliphatic heterocycles. The minimum Gasteiger partial charge on any atom is -0.478 e. The van der Waals surface area contributed by atoms with E-state index in [4.69, 9.17) is 16.2 Å². The summed E-state index contributed by atoms with van der Waals surface area (Å²) in [4.78, 5) is 36.3. The summed E-state index contributed by atoms with van der Waals surface area (Å²) in [6, 6.07) is 23.8. The summed E-state index contributed by atoms with van der Waals surface area (Å²) in [5.41, 5.74) is 19.3. The minimum absolute atomic E-state index is 0.00675. The second kappa shape index (κ2) is 15.0. The van der Waals surface area contributed by atoms with Crippen LogP contribution in [0.4, 0.5) is 5.69 Å². The average Bonchev–Trinajstić information content (AvgIpc) is 3.10. The first-order chi connectivity index (χ1) is 22.4. The number of nitrogens with two attached hydrogens (primary N) is 2. The lowest BCUT2D eigenvalue weighted by Crippen LogP contribution is -2.55. The van der Waals surface area contributed by atoms with Gasteiger partial charge in [0, 0.05) is 68.3 Å². The van der Waals surface area contributed by atoms with Gasteiger partial charge >= 0.3 is 0 Å². The van der Waals surface area contributed by atoms with Crippen LogP contribution in [0.25, 0.3) is 22.3 Å². The number of rotatable bonds is 11. The normalized spacial score (nSPS) is 14.7. The van der Waals surface area contributed by atoms with Crippen molar-refractivity contribution in [2.45, 2.75) is 39.8 Å². The molecule has 0 bridgehead atoms. The Balaban J connectivity index is 1.45. The molecule has 1 atom stereocenters. The molecule has 2 amide bonds. The Bertz CT molecular complexity index is 1670. The molecule has 0 saturated carbocycles. The molecule has 5 rings (SSSR count). The largest absolute Gasteiger partial charge is 0.478 e. The maximum absolute atomic E-state index is 14.1. The second-order valence-electron chi connectivity index (χ2n) is 11.5. The Kier molecular flexibility index (Phi) is 10.7. The van der Waals surface area contributed by atoms with Crippen molar-refractivity contribution < 1.29 is 14.3 Å². The van der Waals surface area contributed by atoms with E-state index in [9.17, 15) is 9.59 Å². The highest BCUT2D eigenvalue weighted by Gasteiger charge is 2.32. The van der Waals surface area contributed by atoms with Crippen molar-refractivity contribution in [3.63, 3.8) is 0 Å². The van der Waals surface area contributed by atoms with Gasteiger partial charge in [0.2, 0.25) is 5.88 Å². The fourth-order valence-electron chi connectivity index (χ4n) is 6.06. The zero-order valence-corrected chi connectivity index (χ0v) is 27.0. The van der Waals surface area contributed by atoms with Crippen LogP contribution >= 0.6 is 0 Å². The van der Waals surface area contributed by atoms with Gasteiger partial charge in [0.15, 0.2) is 0 Å². The number of piperazine rings is 1. The van der Waals surface area contributed by atoms with E-state index < -0.39 is 0 Å². The molecule has 1 saturated heterocycles. The lowest BCUT2D eigenvalue weighted by atomic mass is 9.95. The summed E-state index contributed by atoms with van der Waals surface area (Å²) in [6.07, 6.45) is 2.50. The summed E-state index contributed by atoms with van der Waals surface area (Å²) >= 11 is 0. The highest BCUT2D eigenvalue weighted by Crippen LogP contribution is 2.35. The molecule has 1 aliphatic rings. The van der Waals surface area contributed by atoms with Gasteiger partial charge < -0.3 is 31.3 Å². The fourth-order valence-corrected chi connectivity index (χ4v) is 6.06. The van der Waals surface area contributed by atoms with Crippen LogP contribution in [-0.2, 0) is 6.54 Å². The van der Waals surface area contributed by atoms with Crippen LogP contribution in [0.15, 0.2) is 79.0 Å². The minimum atomic E-state index is -0.192. The number of carbonyl (C=O) groups excluding carboxylic acids is 2. The molecule has 1 aromatic heterocycles. The molecule has 0 radical (unpaired) electrons. The Morgan fingerprint density at radius 3 is 2.43 bits per heavy atom. The lowest BCUT2D eigenvalue weighted by molar-refractivity contribution is 0.0720. The number of aromatic nitrogens is 1. The number of amides is 2.